The Bertz CT molecular complexity index is 1150. The number of nitrogens with zero attached hydrogens (tertiary/aromatic N) is 4. The summed E-state index contributed by atoms with van der Waals surface area (Å²) in [5.74, 6) is 0.318. The predicted octanol–water partition coefficient (Wildman–Crippen LogP) is 4.61. The highest BCUT2D eigenvalue weighted by Crippen LogP contribution is 2.32. The smallest absolute Gasteiger partial charge is 0.260 e. The van der Waals surface area contributed by atoms with Crippen LogP contribution in [0.4, 0.5) is 0 Å². The molecule has 1 amide bonds. The van der Waals surface area contributed by atoms with Crippen molar-refractivity contribution >= 4 is 23.2 Å². The lowest BCUT2D eigenvalue weighted by Crippen LogP contribution is -2.31. The first-order valence-electron chi connectivity index (χ1n) is 9.01. The summed E-state index contributed by atoms with van der Waals surface area (Å²) in [4.78, 5) is 19.5. The Morgan fingerprint density at radius 3 is 2.79 bits per heavy atom. The van der Waals surface area contributed by atoms with Crippen LogP contribution in [0.25, 0.3) is 16.9 Å². The number of benzene rings is 1. The summed E-state index contributed by atoms with van der Waals surface area (Å²) in [5.41, 5.74) is 3.35. The molecular formula is C21H19ClN4O2. The first-order chi connectivity index (χ1) is 13.6. The molecular weight excluding hydrogens is 376 g/mol. The summed E-state index contributed by atoms with van der Waals surface area (Å²) in [7, 11) is 0. The van der Waals surface area contributed by atoms with Gasteiger partial charge in [-0.05, 0) is 32.0 Å². The molecule has 6 nitrogen and oxygen atoms in total. The van der Waals surface area contributed by atoms with Gasteiger partial charge in [0.15, 0.2) is 0 Å². The van der Waals surface area contributed by atoms with Crippen LogP contribution in [0, 0.1) is 6.92 Å². The topological polar surface area (TPSA) is 63.6 Å². The summed E-state index contributed by atoms with van der Waals surface area (Å²) >= 11 is 6.32. The number of rotatable bonds is 5. The third-order valence-corrected chi connectivity index (χ3v) is 5.05. The molecule has 0 N–H and O–H groups in total. The molecule has 1 aromatic carbocycles. The molecule has 0 unspecified atom stereocenters. The second-order valence-corrected chi connectivity index (χ2v) is 6.85. The molecule has 0 saturated heterocycles. The number of pyridine rings is 1. The van der Waals surface area contributed by atoms with E-state index in [1.807, 2.05) is 53.9 Å². The Kier molecular flexibility index (Phi) is 4.88. The van der Waals surface area contributed by atoms with Gasteiger partial charge in [0.25, 0.3) is 5.91 Å². The molecule has 0 bridgehead atoms. The highest BCUT2D eigenvalue weighted by atomic mass is 35.5. The lowest BCUT2D eigenvalue weighted by atomic mass is 10.0. The van der Waals surface area contributed by atoms with Gasteiger partial charge in [-0.1, -0.05) is 41.0 Å². The van der Waals surface area contributed by atoms with Crippen LogP contribution in [0.5, 0.6) is 0 Å². The Hall–Kier alpha value is -3.12. The van der Waals surface area contributed by atoms with E-state index in [1.54, 1.807) is 24.1 Å². The van der Waals surface area contributed by atoms with Gasteiger partial charge in [-0.2, -0.15) is 0 Å². The maximum atomic E-state index is 13.4. The fourth-order valence-electron chi connectivity index (χ4n) is 3.24. The Labute approximate surface area is 167 Å². The fraction of sp³-hybridized carbons (Fsp3) is 0.190. The lowest BCUT2D eigenvalue weighted by molar-refractivity contribution is 0.0749. The molecule has 4 rings (SSSR count). The van der Waals surface area contributed by atoms with Crippen LogP contribution >= 0.6 is 11.6 Å². The number of carbonyl (C=O) groups is 1. The number of carbonyl (C=O) groups excluding carboxylic acids is 1. The second-order valence-electron chi connectivity index (χ2n) is 6.44. The molecule has 0 fully saturated rings. The van der Waals surface area contributed by atoms with Gasteiger partial charge in [-0.3, -0.25) is 4.79 Å². The van der Waals surface area contributed by atoms with E-state index in [-0.39, 0.29) is 5.91 Å². The number of amides is 1. The third-order valence-electron chi connectivity index (χ3n) is 4.72. The van der Waals surface area contributed by atoms with Crippen LogP contribution in [0.3, 0.4) is 0 Å². The standard InChI is InChI=1S/C21H19ClN4O2/c1-3-25(13-15-12-23-18-10-6-7-11-26(15)18)21(27)19-14(2)28-24-20(19)16-8-4-5-9-17(16)22/h4-12H,3,13H2,1-2H3. The number of aryl methyl sites for hydroxylation is 1. The van der Waals surface area contributed by atoms with Gasteiger partial charge in [0.2, 0.25) is 0 Å². The van der Waals surface area contributed by atoms with Crippen molar-refractivity contribution in [1.29, 1.82) is 0 Å². The van der Waals surface area contributed by atoms with Gasteiger partial charge < -0.3 is 13.8 Å². The number of hydrogen-bond acceptors (Lipinski definition) is 4. The molecule has 0 aliphatic heterocycles. The van der Waals surface area contributed by atoms with E-state index >= 15 is 0 Å². The van der Waals surface area contributed by atoms with Crippen LogP contribution in [0.1, 0.15) is 28.7 Å². The molecule has 142 valence electrons. The first-order valence-corrected chi connectivity index (χ1v) is 9.39. The van der Waals surface area contributed by atoms with E-state index in [9.17, 15) is 4.79 Å². The molecule has 0 atom stereocenters. The quantitative estimate of drug-likeness (QED) is 0.495. The summed E-state index contributed by atoms with van der Waals surface area (Å²) < 4.78 is 7.33. The summed E-state index contributed by atoms with van der Waals surface area (Å²) in [5, 5.41) is 4.63. The molecule has 3 aromatic heterocycles. The van der Waals surface area contributed by atoms with Gasteiger partial charge >= 0.3 is 0 Å². The van der Waals surface area contributed by atoms with E-state index in [0.29, 0.717) is 40.7 Å². The summed E-state index contributed by atoms with van der Waals surface area (Å²) in [6.45, 7) is 4.64. The lowest BCUT2D eigenvalue weighted by Gasteiger charge is -2.21. The predicted molar refractivity (Wildman–Crippen MR) is 107 cm³/mol. The van der Waals surface area contributed by atoms with Crippen LogP contribution < -0.4 is 0 Å². The maximum absolute atomic E-state index is 13.4. The largest absolute Gasteiger partial charge is 0.360 e. The van der Waals surface area contributed by atoms with Crippen molar-refractivity contribution in [3.8, 4) is 11.3 Å². The molecule has 0 aliphatic carbocycles. The van der Waals surface area contributed by atoms with Crippen molar-refractivity contribution in [1.82, 2.24) is 19.4 Å². The highest BCUT2D eigenvalue weighted by Gasteiger charge is 2.27. The van der Waals surface area contributed by atoms with E-state index in [4.69, 9.17) is 16.1 Å². The fourth-order valence-corrected chi connectivity index (χ4v) is 3.47. The third kappa shape index (κ3) is 3.16. The van der Waals surface area contributed by atoms with Gasteiger partial charge in [-0.15, -0.1) is 0 Å². The van der Waals surface area contributed by atoms with E-state index in [0.717, 1.165) is 11.3 Å². The number of halogens is 1. The number of fused-ring (bicyclic) bond motifs is 1. The van der Waals surface area contributed by atoms with Crippen molar-refractivity contribution in [2.75, 3.05) is 6.54 Å². The average molecular weight is 395 g/mol. The number of imidazole rings is 1. The van der Waals surface area contributed by atoms with E-state index < -0.39 is 0 Å². The van der Waals surface area contributed by atoms with Gasteiger partial charge in [0.05, 0.1) is 23.5 Å². The SMILES string of the molecule is CCN(Cc1cnc2ccccn12)C(=O)c1c(-c2ccccc2Cl)noc1C. The molecule has 3 heterocycles. The van der Waals surface area contributed by atoms with Crippen LogP contribution in [0.2, 0.25) is 5.02 Å². The zero-order chi connectivity index (χ0) is 19.7. The average Bonchev–Trinajstić information content (AvgIpc) is 3.29. The minimum atomic E-state index is -0.151. The monoisotopic (exact) mass is 394 g/mol. The zero-order valence-electron chi connectivity index (χ0n) is 15.6. The number of hydrogen-bond donors (Lipinski definition) is 0. The molecule has 0 radical (unpaired) electrons. The Morgan fingerprint density at radius 2 is 2.00 bits per heavy atom. The molecule has 28 heavy (non-hydrogen) atoms. The van der Waals surface area contributed by atoms with Gasteiger partial charge in [0, 0.05) is 18.3 Å². The Morgan fingerprint density at radius 1 is 1.21 bits per heavy atom. The zero-order valence-corrected chi connectivity index (χ0v) is 16.3. The minimum absolute atomic E-state index is 0.151. The van der Waals surface area contributed by atoms with Crippen LogP contribution in [0.15, 0.2) is 59.4 Å². The van der Waals surface area contributed by atoms with E-state index in [1.165, 1.54) is 0 Å². The van der Waals surface area contributed by atoms with Crippen molar-refractivity contribution in [3.63, 3.8) is 0 Å². The highest BCUT2D eigenvalue weighted by molar-refractivity contribution is 6.33. The molecule has 0 spiro atoms. The summed E-state index contributed by atoms with van der Waals surface area (Å²) in [6.07, 6.45) is 3.73. The van der Waals surface area contributed by atoms with Crippen LogP contribution in [-0.4, -0.2) is 31.9 Å². The molecule has 7 heteroatoms. The van der Waals surface area contributed by atoms with Gasteiger partial charge in [-0.25, -0.2) is 4.98 Å². The Balaban J connectivity index is 1.70. The van der Waals surface area contributed by atoms with Crippen molar-refractivity contribution in [2.24, 2.45) is 0 Å². The molecule has 0 saturated carbocycles. The van der Waals surface area contributed by atoms with E-state index in [2.05, 4.69) is 10.1 Å². The minimum Gasteiger partial charge on any atom is -0.360 e. The van der Waals surface area contributed by atoms with Gasteiger partial charge in [0.1, 0.15) is 22.7 Å². The molecule has 4 aromatic rings. The van der Waals surface area contributed by atoms with Crippen molar-refractivity contribution < 1.29 is 9.32 Å². The molecule has 0 aliphatic rings. The number of aromatic nitrogens is 3. The maximum Gasteiger partial charge on any atom is 0.260 e. The normalized spacial score (nSPS) is 11.1. The summed E-state index contributed by atoms with van der Waals surface area (Å²) in [6, 6.07) is 13.1. The second kappa shape index (κ2) is 7.48. The van der Waals surface area contributed by atoms with Crippen molar-refractivity contribution in [3.05, 3.63) is 76.9 Å². The van der Waals surface area contributed by atoms with Crippen molar-refractivity contribution in [2.45, 2.75) is 20.4 Å². The van der Waals surface area contributed by atoms with Crippen LogP contribution in [-0.2, 0) is 6.54 Å². The first kappa shape index (κ1) is 18.3.